The molecule has 0 saturated heterocycles. The molecule has 17 heavy (non-hydrogen) atoms. The molecule has 0 bridgehead atoms. The molecular formula is H24Cl3FeNiO12. The maximum atomic E-state index is 0. The van der Waals surface area contributed by atoms with Gasteiger partial charge in [-0.1, -0.05) is 0 Å². The first-order valence-electron chi connectivity index (χ1n) is 0. The van der Waals surface area contributed by atoms with Gasteiger partial charge in [0.2, 0.25) is 0 Å². The minimum Gasteiger partial charge on any atom is -1.00 e. The molecule has 0 aromatic rings. The van der Waals surface area contributed by atoms with Crippen LogP contribution in [0, 0.1) is 0 Å². The summed E-state index contributed by atoms with van der Waals surface area (Å²) >= 11 is 0. The Morgan fingerprint density at radius 1 is 0.235 bits per heavy atom. The summed E-state index contributed by atoms with van der Waals surface area (Å²) in [6, 6.07) is 0. The normalized spacial score (nSPS) is 0. The van der Waals surface area contributed by atoms with Crippen molar-refractivity contribution in [2.24, 2.45) is 0 Å². The Morgan fingerprint density at radius 2 is 0.235 bits per heavy atom. The molecule has 12 nitrogen and oxygen atoms in total. The van der Waals surface area contributed by atoms with Gasteiger partial charge >= 0.3 is 17.1 Å². The van der Waals surface area contributed by atoms with E-state index in [0.29, 0.717) is 0 Å². The standard InChI is InChI=1S/3ClH.Fe.Ni.12H2O/h3*1H;;;12*1H2/q;;;+3;;;;;;;;;;;;;/p-3. The van der Waals surface area contributed by atoms with Crippen LogP contribution in [0.1, 0.15) is 0 Å². The Kier molecular flexibility index (Phi) is 396000. The minimum atomic E-state index is 0. The maximum absolute atomic E-state index is 0. The summed E-state index contributed by atoms with van der Waals surface area (Å²) in [6.07, 6.45) is 0. The number of hydrogen-bond donors (Lipinski definition) is 0. The zero-order valence-corrected chi connectivity index (χ0v) is 12.2. The summed E-state index contributed by atoms with van der Waals surface area (Å²) in [4.78, 5) is 0. The summed E-state index contributed by atoms with van der Waals surface area (Å²) in [5, 5.41) is 0. The van der Waals surface area contributed by atoms with Gasteiger partial charge in [-0.3, -0.25) is 0 Å². The fraction of sp³-hybridized carbons (Fsp3) is 0. The molecule has 24 N–H and O–H groups in total. The van der Waals surface area contributed by atoms with E-state index in [1.165, 1.54) is 0 Å². The number of halogens is 3. The van der Waals surface area contributed by atoms with E-state index in [1.807, 2.05) is 0 Å². The van der Waals surface area contributed by atoms with Gasteiger partial charge in [-0.05, 0) is 0 Å². The van der Waals surface area contributed by atoms with Crippen LogP contribution in [0.25, 0.3) is 0 Å². The predicted molar refractivity (Wildman–Crippen MR) is 43.4 cm³/mol. The van der Waals surface area contributed by atoms with Crippen molar-refractivity contribution in [3.63, 3.8) is 0 Å². The fourth-order valence-electron chi connectivity index (χ4n) is 0. The van der Waals surface area contributed by atoms with Gasteiger partial charge in [-0.2, -0.15) is 0 Å². The van der Waals surface area contributed by atoms with E-state index < -0.39 is 0 Å². The summed E-state index contributed by atoms with van der Waals surface area (Å²) in [6.45, 7) is 0. The third kappa shape index (κ3) is 2100. The van der Waals surface area contributed by atoms with Gasteiger partial charge in [0.05, 0.1) is 0 Å². The Hall–Kier alpha value is 1.40. The van der Waals surface area contributed by atoms with Crippen LogP contribution in [0.2, 0.25) is 0 Å². The second-order valence-electron chi connectivity index (χ2n) is 0. The second kappa shape index (κ2) is 2380. The van der Waals surface area contributed by atoms with Crippen molar-refractivity contribution in [3.8, 4) is 0 Å². The fourth-order valence-corrected chi connectivity index (χ4v) is 0. The number of rotatable bonds is 0. The third-order valence-corrected chi connectivity index (χ3v) is 0. The summed E-state index contributed by atoms with van der Waals surface area (Å²) in [7, 11) is 0. The maximum Gasteiger partial charge on any atom is 3.00 e. The molecule has 1 radical (unpaired) electrons. The first-order valence-corrected chi connectivity index (χ1v) is 0. The van der Waals surface area contributed by atoms with E-state index >= 15 is 0 Å². The van der Waals surface area contributed by atoms with E-state index in [4.69, 9.17) is 0 Å². The van der Waals surface area contributed by atoms with Gasteiger partial charge in [0, 0.05) is 16.5 Å². The average Bonchev–Trinajstić information content (AvgIpc) is 0. The van der Waals surface area contributed by atoms with Crippen molar-refractivity contribution in [2.75, 3.05) is 0 Å². The van der Waals surface area contributed by atoms with Crippen LogP contribution in [-0.4, -0.2) is 65.7 Å². The zero-order chi connectivity index (χ0) is 0. The smallest absolute Gasteiger partial charge is 1.00 e. The number of hydrogen-bond acceptors (Lipinski definition) is 0. The van der Waals surface area contributed by atoms with Gasteiger partial charge in [-0.25, -0.2) is 0 Å². The zero-order valence-electron chi connectivity index (χ0n) is 7.80. The molecule has 0 aliphatic rings. The van der Waals surface area contributed by atoms with Crippen molar-refractivity contribution in [1.29, 1.82) is 0 Å². The Labute approximate surface area is 136 Å². The molecular weight excluding hydrogens is 413 g/mol. The third-order valence-electron chi connectivity index (χ3n) is 0. The van der Waals surface area contributed by atoms with Gasteiger partial charge in [0.1, 0.15) is 0 Å². The van der Waals surface area contributed by atoms with Crippen LogP contribution in [0.5, 0.6) is 0 Å². The molecule has 0 unspecified atom stereocenters. The van der Waals surface area contributed by atoms with Crippen LogP contribution in [0.4, 0.5) is 0 Å². The van der Waals surface area contributed by atoms with E-state index in [1.54, 1.807) is 0 Å². The van der Waals surface area contributed by atoms with Gasteiger partial charge < -0.3 is 103 Å². The van der Waals surface area contributed by atoms with Crippen LogP contribution in [0.15, 0.2) is 0 Å². The molecule has 135 valence electrons. The molecule has 0 heterocycles. The molecule has 17 heteroatoms. The molecule has 0 saturated carbocycles. The summed E-state index contributed by atoms with van der Waals surface area (Å²) in [5.74, 6) is 0. The molecule has 0 fully saturated rings. The first-order chi connectivity index (χ1) is 0. The quantitative estimate of drug-likeness (QED) is 0.318. The van der Waals surface area contributed by atoms with E-state index in [0.717, 1.165) is 0 Å². The Balaban J connectivity index is 0. The minimum absolute atomic E-state index is 0. The average molecular weight is 437 g/mol. The van der Waals surface area contributed by atoms with Crippen molar-refractivity contribution < 1.29 is 136 Å². The van der Waals surface area contributed by atoms with Crippen molar-refractivity contribution in [2.45, 2.75) is 0 Å². The monoisotopic (exact) mass is 435 g/mol. The summed E-state index contributed by atoms with van der Waals surface area (Å²) < 4.78 is 0. The van der Waals surface area contributed by atoms with Gasteiger partial charge in [-0.15, -0.1) is 0 Å². The van der Waals surface area contributed by atoms with Crippen LogP contribution in [-0.2, 0) is 33.6 Å². The summed E-state index contributed by atoms with van der Waals surface area (Å²) in [5.41, 5.74) is 0. The molecule has 0 aliphatic carbocycles. The largest absolute Gasteiger partial charge is 3.00 e. The predicted octanol–water partition coefficient (Wildman–Crippen LogP) is -18.9. The van der Waals surface area contributed by atoms with Crippen molar-refractivity contribution >= 4 is 0 Å². The SMILES string of the molecule is O.O.O.O.O.O.O.O.O.O.O.O.[Cl-].[Cl-].[Cl-].[Fe+3].[Ni]. The first kappa shape index (κ1) is 2830. The Morgan fingerprint density at radius 3 is 0.235 bits per heavy atom. The van der Waals surface area contributed by atoms with Crippen LogP contribution < -0.4 is 37.2 Å². The van der Waals surface area contributed by atoms with Crippen LogP contribution >= 0.6 is 0 Å². The molecule has 0 rings (SSSR count). The molecule has 0 spiro atoms. The van der Waals surface area contributed by atoms with Crippen molar-refractivity contribution in [3.05, 3.63) is 0 Å². The molecule has 0 aromatic carbocycles. The molecule has 0 aliphatic heterocycles. The molecule has 0 aromatic heterocycles. The van der Waals surface area contributed by atoms with E-state index in [2.05, 4.69) is 0 Å². The van der Waals surface area contributed by atoms with E-state index in [-0.39, 0.29) is 136 Å². The second-order valence-corrected chi connectivity index (χ2v) is 0. The van der Waals surface area contributed by atoms with E-state index in [9.17, 15) is 0 Å². The van der Waals surface area contributed by atoms with Gasteiger partial charge in [0.25, 0.3) is 0 Å². The molecule has 0 atom stereocenters. The Bertz CT molecular complexity index is 21.7. The van der Waals surface area contributed by atoms with Crippen molar-refractivity contribution in [1.82, 2.24) is 0 Å². The topological polar surface area (TPSA) is 378 Å². The van der Waals surface area contributed by atoms with Crippen LogP contribution in [0.3, 0.4) is 0 Å². The molecule has 0 amide bonds. The van der Waals surface area contributed by atoms with Gasteiger partial charge in [0.15, 0.2) is 0 Å².